The molecule has 4 nitrogen and oxygen atoms in total. The molecule has 2 rings (SSSR count). The Bertz CT molecular complexity index is 680. The average Bonchev–Trinajstić information content (AvgIpc) is 2.61. The Hall–Kier alpha value is -2.49. The molecule has 0 spiro atoms. The third kappa shape index (κ3) is 4.51. The maximum absolute atomic E-state index is 12.3. The second-order valence-electron chi connectivity index (χ2n) is 5.74. The van der Waals surface area contributed by atoms with Gasteiger partial charge >= 0.3 is 0 Å². The van der Waals surface area contributed by atoms with E-state index < -0.39 is 0 Å². The fourth-order valence-electron chi connectivity index (χ4n) is 2.63. The molecule has 24 heavy (non-hydrogen) atoms. The minimum atomic E-state index is -0.169. The molecule has 4 heteroatoms. The van der Waals surface area contributed by atoms with E-state index in [9.17, 15) is 4.79 Å². The maximum atomic E-state index is 12.3. The lowest BCUT2D eigenvalue weighted by atomic mass is 10.0. The highest BCUT2D eigenvalue weighted by molar-refractivity contribution is 5.79. The van der Waals surface area contributed by atoms with E-state index in [1.165, 1.54) is 5.56 Å². The summed E-state index contributed by atoms with van der Waals surface area (Å²) in [6.07, 6.45) is 1.36. The molecule has 1 N–H and O–H groups in total. The van der Waals surface area contributed by atoms with Crippen molar-refractivity contribution in [1.29, 1.82) is 0 Å². The van der Waals surface area contributed by atoms with Crippen LogP contribution in [0.4, 0.5) is 0 Å². The number of methoxy groups -OCH3 is 2. The van der Waals surface area contributed by atoms with Gasteiger partial charge in [0.05, 0.1) is 26.7 Å². The van der Waals surface area contributed by atoms with Crippen LogP contribution in [-0.2, 0) is 17.6 Å². The van der Waals surface area contributed by atoms with Gasteiger partial charge in [0.1, 0.15) is 11.5 Å². The first-order valence-corrected chi connectivity index (χ1v) is 8.16. The van der Waals surface area contributed by atoms with E-state index in [1.807, 2.05) is 37.3 Å². The summed E-state index contributed by atoms with van der Waals surface area (Å²) in [5, 5.41) is 3.02. The molecule has 0 radical (unpaired) electrons. The van der Waals surface area contributed by atoms with Crippen molar-refractivity contribution in [2.45, 2.75) is 32.7 Å². The van der Waals surface area contributed by atoms with Gasteiger partial charge in [-0.25, -0.2) is 0 Å². The van der Waals surface area contributed by atoms with Crippen molar-refractivity contribution in [2.75, 3.05) is 14.2 Å². The van der Waals surface area contributed by atoms with E-state index in [2.05, 4.69) is 24.4 Å². The number of nitrogens with one attached hydrogen (secondary N) is 1. The first-order valence-electron chi connectivity index (χ1n) is 8.16. The Balaban J connectivity index is 2.05. The number of carbonyl (C=O) groups is 1. The van der Waals surface area contributed by atoms with Crippen molar-refractivity contribution < 1.29 is 14.3 Å². The standard InChI is InChI=1S/C20H25NO3/c1-5-15-6-8-16(9-7-15)12-20(22)21-14(2)18-13-17(23-3)10-11-19(18)24-4/h6-11,13-14H,5,12H2,1-4H3,(H,21,22)/t14-/m0/s1. The monoisotopic (exact) mass is 327 g/mol. The zero-order valence-electron chi connectivity index (χ0n) is 14.8. The zero-order chi connectivity index (χ0) is 17.5. The van der Waals surface area contributed by atoms with Crippen molar-refractivity contribution in [3.05, 3.63) is 59.2 Å². The smallest absolute Gasteiger partial charge is 0.224 e. The predicted molar refractivity (Wildman–Crippen MR) is 95.6 cm³/mol. The Labute approximate surface area is 143 Å². The fourth-order valence-corrected chi connectivity index (χ4v) is 2.63. The molecular weight excluding hydrogens is 302 g/mol. The maximum Gasteiger partial charge on any atom is 0.224 e. The third-order valence-corrected chi connectivity index (χ3v) is 4.08. The minimum absolute atomic E-state index is 0.0170. The van der Waals surface area contributed by atoms with E-state index in [4.69, 9.17) is 9.47 Å². The molecule has 0 bridgehead atoms. The van der Waals surface area contributed by atoms with Gasteiger partial charge < -0.3 is 14.8 Å². The molecule has 0 saturated heterocycles. The Morgan fingerprint density at radius 1 is 1.04 bits per heavy atom. The van der Waals surface area contributed by atoms with Crippen LogP contribution in [0.25, 0.3) is 0 Å². The molecule has 2 aromatic carbocycles. The van der Waals surface area contributed by atoms with Crippen LogP contribution in [-0.4, -0.2) is 20.1 Å². The summed E-state index contributed by atoms with van der Waals surface area (Å²) in [4.78, 5) is 12.3. The summed E-state index contributed by atoms with van der Waals surface area (Å²) in [5.74, 6) is 1.45. The topological polar surface area (TPSA) is 47.6 Å². The highest BCUT2D eigenvalue weighted by atomic mass is 16.5. The van der Waals surface area contributed by atoms with Gasteiger partial charge in [-0.2, -0.15) is 0 Å². The van der Waals surface area contributed by atoms with Crippen LogP contribution in [0.3, 0.4) is 0 Å². The van der Waals surface area contributed by atoms with Crippen LogP contribution >= 0.6 is 0 Å². The Morgan fingerprint density at radius 3 is 2.29 bits per heavy atom. The van der Waals surface area contributed by atoms with Gasteiger partial charge in [-0.1, -0.05) is 31.2 Å². The van der Waals surface area contributed by atoms with E-state index >= 15 is 0 Å². The number of hydrogen-bond donors (Lipinski definition) is 1. The van der Waals surface area contributed by atoms with Crippen LogP contribution in [0.15, 0.2) is 42.5 Å². The molecule has 2 aromatic rings. The number of ether oxygens (including phenoxy) is 2. The molecule has 0 aliphatic carbocycles. The summed E-state index contributed by atoms with van der Waals surface area (Å²) < 4.78 is 10.6. The Morgan fingerprint density at radius 2 is 1.71 bits per heavy atom. The summed E-state index contributed by atoms with van der Waals surface area (Å²) in [5.41, 5.74) is 3.18. The van der Waals surface area contributed by atoms with Gasteiger partial charge in [-0.05, 0) is 42.7 Å². The number of aryl methyl sites for hydroxylation is 1. The predicted octanol–water partition coefficient (Wildman–Crippen LogP) is 3.69. The highest BCUT2D eigenvalue weighted by Crippen LogP contribution is 2.29. The fraction of sp³-hybridized carbons (Fsp3) is 0.350. The van der Waals surface area contributed by atoms with Gasteiger partial charge in [-0.15, -0.1) is 0 Å². The third-order valence-electron chi connectivity index (χ3n) is 4.08. The molecule has 0 fully saturated rings. The van der Waals surface area contributed by atoms with Crippen LogP contribution in [0, 0.1) is 0 Å². The number of rotatable bonds is 7. The molecule has 128 valence electrons. The number of amides is 1. The molecule has 1 amide bonds. The number of benzene rings is 2. The van der Waals surface area contributed by atoms with Gasteiger partial charge in [0.25, 0.3) is 0 Å². The van der Waals surface area contributed by atoms with Crippen LogP contribution in [0.5, 0.6) is 11.5 Å². The normalized spacial score (nSPS) is 11.7. The van der Waals surface area contributed by atoms with Crippen LogP contribution in [0.1, 0.15) is 36.6 Å². The molecular formula is C20H25NO3. The molecule has 0 unspecified atom stereocenters. The summed E-state index contributed by atoms with van der Waals surface area (Å²) >= 11 is 0. The summed E-state index contributed by atoms with van der Waals surface area (Å²) in [6.45, 7) is 4.06. The van der Waals surface area contributed by atoms with Crippen molar-refractivity contribution in [3.63, 3.8) is 0 Å². The van der Waals surface area contributed by atoms with E-state index in [0.29, 0.717) is 6.42 Å². The van der Waals surface area contributed by atoms with Crippen molar-refractivity contribution >= 4 is 5.91 Å². The van der Waals surface area contributed by atoms with Crippen LogP contribution < -0.4 is 14.8 Å². The quantitative estimate of drug-likeness (QED) is 0.844. The summed E-state index contributed by atoms with van der Waals surface area (Å²) in [6, 6.07) is 13.6. The van der Waals surface area contributed by atoms with Crippen molar-refractivity contribution in [3.8, 4) is 11.5 Å². The lowest BCUT2D eigenvalue weighted by molar-refractivity contribution is -0.121. The Kier molecular flexibility index (Phi) is 6.24. The van der Waals surface area contributed by atoms with Gasteiger partial charge in [0, 0.05) is 5.56 Å². The minimum Gasteiger partial charge on any atom is -0.497 e. The van der Waals surface area contributed by atoms with Gasteiger partial charge in [0.15, 0.2) is 0 Å². The van der Waals surface area contributed by atoms with E-state index in [-0.39, 0.29) is 11.9 Å². The summed E-state index contributed by atoms with van der Waals surface area (Å²) in [7, 11) is 3.24. The lowest BCUT2D eigenvalue weighted by Gasteiger charge is -2.18. The largest absolute Gasteiger partial charge is 0.497 e. The SMILES string of the molecule is CCc1ccc(CC(=O)N[C@@H](C)c2cc(OC)ccc2OC)cc1. The lowest BCUT2D eigenvalue weighted by Crippen LogP contribution is -2.28. The van der Waals surface area contributed by atoms with Crippen molar-refractivity contribution in [2.24, 2.45) is 0 Å². The average molecular weight is 327 g/mol. The second kappa shape index (κ2) is 8.39. The molecule has 0 aliphatic heterocycles. The van der Waals surface area contributed by atoms with Crippen LogP contribution in [0.2, 0.25) is 0 Å². The molecule has 0 aliphatic rings. The first kappa shape index (κ1) is 17.9. The second-order valence-corrected chi connectivity index (χ2v) is 5.74. The molecule has 0 heterocycles. The number of hydrogen-bond acceptors (Lipinski definition) is 3. The number of carbonyl (C=O) groups excluding carboxylic acids is 1. The molecule has 0 aromatic heterocycles. The highest BCUT2D eigenvalue weighted by Gasteiger charge is 2.15. The van der Waals surface area contributed by atoms with E-state index in [0.717, 1.165) is 29.0 Å². The zero-order valence-corrected chi connectivity index (χ0v) is 14.8. The van der Waals surface area contributed by atoms with Gasteiger partial charge in [-0.3, -0.25) is 4.79 Å². The molecule has 1 atom stereocenters. The first-order chi connectivity index (χ1) is 11.6. The van der Waals surface area contributed by atoms with Gasteiger partial charge in [0.2, 0.25) is 5.91 Å². The molecule has 0 saturated carbocycles. The van der Waals surface area contributed by atoms with Crippen molar-refractivity contribution in [1.82, 2.24) is 5.32 Å². The van der Waals surface area contributed by atoms with E-state index in [1.54, 1.807) is 14.2 Å².